The van der Waals surface area contributed by atoms with E-state index in [9.17, 15) is 4.79 Å². The lowest BCUT2D eigenvalue weighted by Crippen LogP contribution is -2.21. The van der Waals surface area contributed by atoms with Crippen LogP contribution in [0.3, 0.4) is 0 Å². The van der Waals surface area contributed by atoms with Gasteiger partial charge in [0.2, 0.25) is 0 Å². The van der Waals surface area contributed by atoms with Gasteiger partial charge in [-0.3, -0.25) is 9.48 Å². The van der Waals surface area contributed by atoms with E-state index in [1.165, 1.54) is 0 Å². The van der Waals surface area contributed by atoms with Crippen LogP contribution in [0.2, 0.25) is 0 Å². The maximum absolute atomic E-state index is 11.3. The summed E-state index contributed by atoms with van der Waals surface area (Å²) < 4.78 is 7.36. The predicted molar refractivity (Wildman–Crippen MR) is 50.9 cm³/mol. The number of aryl methyl sites for hydroxylation is 2. The van der Waals surface area contributed by atoms with Crippen molar-refractivity contribution in [2.45, 2.75) is 25.9 Å². The van der Waals surface area contributed by atoms with Crippen LogP contribution in [0.25, 0.3) is 0 Å². The Labute approximate surface area is 82.9 Å². The van der Waals surface area contributed by atoms with Gasteiger partial charge in [0, 0.05) is 19.9 Å². The van der Waals surface area contributed by atoms with Crippen LogP contribution >= 0.6 is 0 Å². The van der Waals surface area contributed by atoms with Gasteiger partial charge in [-0.05, 0) is 12.5 Å². The number of carbonyl (C=O) groups is 1. The van der Waals surface area contributed by atoms with Crippen LogP contribution in [0.4, 0.5) is 0 Å². The highest BCUT2D eigenvalue weighted by molar-refractivity contribution is 5.79. The number of nitrogens with zero attached hydrogens (tertiary/aromatic N) is 2. The number of ether oxygens (including phenoxy) is 1. The van der Waals surface area contributed by atoms with E-state index < -0.39 is 0 Å². The molecular weight excluding hydrogens is 180 g/mol. The number of Topliss-reactive ketones (excluding diaryl/α,β-unsaturated/α-hetero) is 1. The first-order chi connectivity index (χ1) is 6.68. The van der Waals surface area contributed by atoms with Gasteiger partial charge in [-0.25, -0.2) is 0 Å². The standard InChI is InChI=1S/C10H14N2O2/c1-7-6-11-12(2)10(7)9-5-8(13)3-4-14-9/h6,9H,3-5H2,1-2H3. The molecular formula is C10H14N2O2. The second-order valence-corrected chi connectivity index (χ2v) is 3.69. The largest absolute Gasteiger partial charge is 0.371 e. The first-order valence-electron chi connectivity index (χ1n) is 4.80. The Kier molecular flexibility index (Phi) is 2.37. The average molecular weight is 194 g/mol. The third kappa shape index (κ3) is 1.57. The first kappa shape index (κ1) is 9.40. The summed E-state index contributed by atoms with van der Waals surface area (Å²) in [5.74, 6) is 0.279. The molecule has 1 aliphatic rings. The summed E-state index contributed by atoms with van der Waals surface area (Å²) in [7, 11) is 1.88. The molecule has 1 unspecified atom stereocenters. The van der Waals surface area contributed by atoms with Crippen molar-refractivity contribution >= 4 is 5.78 Å². The number of carbonyl (C=O) groups excluding carboxylic acids is 1. The number of aromatic nitrogens is 2. The zero-order chi connectivity index (χ0) is 10.1. The number of hydrogen-bond donors (Lipinski definition) is 0. The van der Waals surface area contributed by atoms with Crippen LogP contribution in [0.5, 0.6) is 0 Å². The lowest BCUT2D eigenvalue weighted by molar-refractivity contribution is -0.129. The second-order valence-electron chi connectivity index (χ2n) is 3.69. The van der Waals surface area contributed by atoms with E-state index in [4.69, 9.17) is 4.74 Å². The highest BCUT2D eigenvalue weighted by atomic mass is 16.5. The molecule has 0 aromatic carbocycles. The molecule has 1 atom stereocenters. The molecule has 0 bridgehead atoms. The van der Waals surface area contributed by atoms with E-state index in [1.807, 2.05) is 14.0 Å². The number of ketones is 1. The number of rotatable bonds is 1. The van der Waals surface area contributed by atoms with E-state index >= 15 is 0 Å². The normalized spacial score (nSPS) is 22.7. The molecule has 4 nitrogen and oxygen atoms in total. The molecule has 1 saturated heterocycles. The Hall–Kier alpha value is -1.16. The summed E-state index contributed by atoms with van der Waals surface area (Å²) in [6.07, 6.45) is 2.75. The molecule has 0 saturated carbocycles. The molecule has 0 spiro atoms. The van der Waals surface area contributed by atoms with Gasteiger partial charge in [0.25, 0.3) is 0 Å². The lowest BCUT2D eigenvalue weighted by Gasteiger charge is -2.22. The lowest BCUT2D eigenvalue weighted by atomic mass is 10.0. The molecule has 76 valence electrons. The Balaban J connectivity index is 2.25. The van der Waals surface area contributed by atoms with Crippen LogP contribution in [0, 0.1) is 6.92 Å². The molecule has 0 amide bonds. The third-order valence-electron chi connectivity index (χ3n) is 2.60. The van der Waals surface area contributed by atoms with Crippen molar-refractivity contribution in [2.75, 3.05) is 6.61 Å². The SMILES string of the molecule is Cc1cnn(C)c1C1CC(=O)CCO1. The minimum absolute atomic E-state index is 0.0938. The fraction of sp³-hybridized carbons (Fsp3) is 0.600. The summed E-state index contributed by atoms with van der Waals surface area (Å²) in [4.78, 5) is 11.3. The monoisotopic (exact) mass is 194 g/mol. The van der Waals surface area contributed by atoms with E-state index in [0.717, 1.165) is 11.3 Å². The van der Waals surface area contributed by atoms with Crippen molar-refractivity contribution in [1.29, 1.82) is 0 Å². The second kappa shape index (κ2) is 3.53. The van der Waals surface area contributed by atoms with E-state index in [2.05, 4.69) is 5.10 Å². The van der Waals surface area contributed by atoms with Crippen molar-refractivity contribution < 1.29 is 9.53 Å². The molecule has 1 fully saturated rings. The number of hydrogen-bond acceptors (Lipinski definition) is 3. The summed E-state index contributed by atoms with van der Waals surface area (Å²) in [6.45, 7) is 2.53. The van der Waals surface area contributed by atoms with Crippen LogP contribution < -0.4 is 0 Å². The molecule has 2 rings (SSSR count). The van der Waals surface area contributed by atoms with Gasteiger partial charge in [0.1, 0.15) is 11.9 Å². The Morgan fingerprint density at radius 1 is 1.64 bits per heavy atom. The zero-order valence-corrected chi connectivity index (χ0v) is 8.49. The van der Waals surface area contributed by atoms with Gasteiger partial charge in [-0.1, -0.05) is 0 Å². The smallest absolute Gasteiger partial charge is 0.138 e. The van der Waals surface area contributed by atoms with Gasteiger partial charge < -0.3 is 4.74 Å². The highest BCUT2D eigenvalue weighted by Gasteiger charge is 2.25. The van der Waals surface area contributed by atoms with Crippen LogP contribution in [-0.2, 0) is 16.6 Å². The summed E-state index contributed by atoms with van der Waals surface area (Å²) in [5, 5.41) is 4.14. The van der Waals surface area contributed by atoms with Crippen molar-refractivity contribution in [2.24, 2.45) is 7.05 Å². The molecule has 4 heteroatoms. The van der Waals surface area contributed by atoms with E-state index in [0.29, 0.717) is 19.4 Å². The van der Waals surface area contributed by atoms with Gasteiger partial charge >= 0.3 is 0 Å². The van der Waals surface area contributed by atoms with Crippen LogP contribution in [0.1, 0.15) is 30.2 Å². The maximum Gasteiger partial charge on any atom is 0.138 e. The van der Waals surface area contributed by atoms with Crippen molar-refractivity contribution in [3.8, 4) is 0 Å². The van der Waals surface area contributed by atoms with Crippen molar-refractivity contribution in [3.63, 3.8) is 0 Å². The molecule has 1 aliphatic heterocycles. The molecule has 0 N–H and O–H groups in total. The molecule has 0 radical (unpaired) electrons. The minimum Gasteiger partial charge on any atom is -0.371 e. The first-order valence-corrected chi connectivity index (χ1v) is 4.80. The zero-order valence-electron chi connectivity index (χ0n) is 8.49. The minimum atomic E-state index is -0.0938. The Morgan fingerprint density at radius 3 is 3.00 bits per heavy atom. The van der Waals surface area contributed by atoms with Gasteiger partial charge in [0.05, 0.1) is 18.5 Å². The molecule has 1 aromatic heterocycles. The van der Waals surface area contributed by atoms with Crippen LogP contribution in [0.15, 0.2) is 6.20 Å². The van der Waals surface area contributed by atoms with Crippen LogP contribution in [-0.4, -0.2) is 22.2 Å². The molecule has 0 aliphatic carbocycles. The topological polar surface area (TPSA) is 44.1 Å². The fourth-order valence-electron chi connectivity index (χ4n) is 1.88. The summed E-state index contributed by atoms with van der Waals surface area (Å²) in [6, 6.07) is 0. The highest BCUT2D eigenvalue weighted by Crippen LogP contribution is 2.27. The summed E-state index contributed by atoms with van der Waals surface area (Å²) in [5.41, 5.74) is 2.12. The Bertz CT molecular complexity index is 338. The molecule has 1 aromatic rings. The quantitative estimate of drug-likeness (QED) is 0.673. The molecule has 2 heterocycles. The fourth-order valence-corrected chi connectivity index (χ4v) is 1.88. The predicted octanol–water partition coefficient (Wildman–Crippen LogP) is 1.15. The maximum atomic E-state index is 11.3. The van der Waals surface area contributed by atoms with Crippen molar-refractivity contribution in [3.05, 3.63) is 17.5 Å². The van der Waals surface area contributed by atoms with E-state index in [1.54, 1.807) is 10.9 Å². The third-order valence-corrected chi connectivity index (χ3v) is 2.60. The molecule has 14 heavy (non-hydrogen) atoms. The van der Waals surface area contributed by atoms with E-state index in [-0.39, 0.29) is 11.9 Å². The van der Waals surface area contributed by atoms with Gasteiger partial charge in [-0.2, -0.15) is 5.10 Å². The van der Waals surface area contributed by atoms with Gasteiger partial charge in [-0.15, -0.1) is 0 Å². The average Bonchev–Trinajstić information content (AvgIpc) is 2.46. The van der Waals surface area contributed by atoms with Gasteiger partial charge in [0.15, 0.2) is 0 Å². The summed E-state index contributed by atoms with van der Waals surface area (Å²) >= 11 is 0. The van der Waals surface area contributed by atoms with Crippen molar-refractivity contribution in [1.82, 2.24) is 9.78 Å². The Morgan fingerprint density at radius 2 is 2.43 bits per heavy atom.